The van der Waals surface area contributed by atoms with Crippen LogP contribution in [0.4, 0.5) is 11.4 Å². The van der Waals surface area contributed by atoms with Crippen LogP contribution in [-0.2, 0) is 0 Å². The fourth-order valence-corrected chi connectivity index (χ4v) is 3.32. The highest BCUT2D eigenvalue weighted by Crippen LogP contribution is 2.37. The fraction of sp³-hybridized carbons (Fsp3) is 0.0476. The van der Waals surface area contributed by atoms with Crippen molar-refractivity contribution in [1.29, 1.82) is 0 Å². The van der Waals surface area contributed by atoms with Gasteiger partial charge in [0.2, 0.25) is 0 Å². The molecule has 1 heterocycles. The summed E-state index contributed by atoms with van der Waals surface area (Å²) < 4.78 is 6.59. The third-order valence-electron chi connectivity index (χ3n) is 4.20. The van der Waals surface area contributed by atoms with Gasteiger partial charge in [-0.1, -0.05) is 18.2 Å². The maximum atomic E-state index is 12.6. The number of halogens is 1. The number of carbonyl (C=O) groups excluding carboxylic acids is 2. The van der Waals surface area contributed by atoms with Gasteiger partial charge in [-0.2, -0.15) is 0 Å². The molecule has 4 rings (SSSR count). The van der Waals surface area contributed by atoms with Gasteiger partial charge in [0.1, 0.15) is 5.75 Å². The zero-order chi connectivity index (χ0) is 19.0. The number of rotatable bonds is 2. The van der Waals surface area contributed by atoms with Gasteiger partial charge in [0, 0.05) is 10.2 Å². The maximum absolute atomic E-state index is 12.6. The molecular weight excluding hydrogens is 408 g/mol. The van der Waals surface area contributed by atoms with E-state index in [2.05, 4.69) is 26.6 Å². The summed E-state index contributed by atoms with van der Waals surface area (Å²) in [6.45, 7) is 1.94. The van der Waals surface area contributed by atoms with E-state index in [-0.39, 0.29) is 11.8 Å². The van der Waals surface area contributed by atoms with E-state index in [0.717, 1.165) is 5.56 Å². The summed E-state index contributed by atoms with van der Waals surface area (Å²) in [6.07, 6.45) is 0. The van der Waals surface area contributed by atoms with Crippen molar-refractivity contribution >= 4 is 39.1 Å². The summed E-state index contributed by atoms with van der Waals surface area (Å²) in [6, 6.07) is 17.7. The van der Waals surface area contributed by atoms with E-state index in [4.69, 9.17) is 4.74 Å². The van der Waals surface area contributed by atoms with Crippen LogP contribution in [0.25, 0.3) is 0 Å². The van der Waals surface area contributed by atoms with Gasteiger partial charge in [0.25, 0.3) is 11.8 Å². The third-order valence-corrected chi connectivity index (χ3v) is 4.90. The summed E-state index contributed by atoms with van der Waals surface area (Å²) in [5.41, 5.74) is 3.01. The predicted octanol–water partition coefficient (Wildman–Crippen LogP) is 5.37. The average Bonchev–Trinajstić information content (AvgIpc) is 2.78. The minimum atomic E-state index is -0.286. The number of aryl methyl sites for hydroxylation is 1. The van der Waals surface area contributed by atoms with Crippen LogP contribution in [0, 0.1) is 6.92 Å². The Kier molecular flexibility index (Phi) is 4.41. The number of hydrogen-bond donors (Lipinski definition) is 2. The van der Waals surface area contributed by atoms with Gasteiger partial charge in [-0.15, -0.1) is 0 Å². The van der Waals surface area contributed by atoms with Crippen LogP contribution in [0.5, 0.6) is 11.5 Å². The van der Waals surface area contributed by atoms with E-state index < -0.39 is 0 Å². The van der Waals surface area contributed by atoms with Gasteiger partial charge in [-0.3, -0.25) is 9.59 Å². The van der Waals surface area contributed by atoms with Crippen molar-refractivity contribution in [3.8, 4) is 11.5 Å². The first kappa shape index (κ1) is 17.3. The van der Waals surface area contributed by atoms with Crippen molar-refractivity contribution in [1.82, 2.24) is 0 Å². The Balaban J connectivity index is 1.64. The van der Waals surface area contributed by atoms with Crippen LogP contribution in [0.2, 0.25) is 0 Å². The third kappa shape index (κ3) is 3.44. The van der Waals surface area contributed by atoms with Gasteiger partial charge in [-0.05, 0) is 70.9 Å². The lowest BCUT2D eigenvalue weighted by molar-refractivity contribution is 0.101. The molecule has 3 aromatic carbocycles. The normalized spacial score (nSPS) is 12.1. The Morgan fingerprint density at radius 3 is 2.63 bits per heavy atom. The molecule has 1 aliphatic heterocycles. The topological polar surface area (TPSA) is 67.4 Å². The second kappa shape index (κ2) is 6.89. The highest BCUT2D eigenvalue weighted by Gasteiger charge is 2.22. The molecule has 134 valence electrons. The number of hydrogen-bond acceptors (Lipinski definition) is 3. The molecule has 2 amide bonds. The summed E-state index contributed by atoms with van der Waals surface area (Å²) in [4.78, 5) is 25.1. The maximum Gasteiger partial charge on any atom is 0.259 e. The largest absolute Gasteiger partial charge is 0.454 e. The molecule has 0 unspecified atom stereocenters. The van der Waals surface area contributed by atoms with Crippen LogP contribution in [0.3, 0.4) is 0 Å². The summed E-state index contributed by atoms with van der Waals surface area (Å²) in [5.74, 6) is 0.467. The molecule has 1 aliphatic rings. The molecule has 0 aliphatic carbocycles. The summed E-state index contributed by atoms with van der Waals surface area (Å²) in [7, 11) is 0. The second-order valence-corrected chi connectivity index (χ2v) is 7.06. The van der Waals surface area contributed by atoms with E-state index in [0.29, 0.717) is 38.5 Å². The number of nitrogens with one attached hydrogen (secondary N) is 2. The summed E-state index contributed by atoms with van der Waals surface area (Å²) in [5, 5.41) is 5.67. The smallest absolute Gasteiger partial charge is 0.259 e. The van der Waals surface area contributed by atoms with Crippen molar-refractivity contribution in [3.63, 3.8) is 0 Å². The quantitative estimate of drug-likeness (QED) is 0.583. The molecule has 3 aromatic rings. The molecule has 0 spiro atoms. The van der Waals surface area contributed by atoms with E-state index in [1.807, 2.05) is 31.2 Å². The van der Waals surface area contributed by atoms with Crippen molar-refractivity contribution < 1.29 is 14.3 Å². The van der Waals surface area contributed by atoms with E-state index in [1.54, 1.807) is 36.4 Å². The monoisotopic (exact) mass is 422 g/mol. The van der Waals surface area contributed by atoms with Crippen molar-refractivity contribution in [3.05, 3.63) is 81.8 Å². The molecule has 0 bridgehead atoms. The van der Waals surface area contributed by atoms with Crippen LogP contribution >= 0.6 is 15.9 Å². The molecule has 0 saturated heterocycles. The number of ether oxygens (including phenoxy) is 1. The van der Waals surface area contributed by atoms with E-state index >= 15 is 0 Å². The van der Waals surface area contributed by atoms with Gasteiger partial charge < -0.3 is 15.4 Å². The highest BCUT2D eigenvalue weighted by molar-refractivity contribution is 9.10. The Bertz CT molecular complexity index is 1080. The molecule has 0 atom stereocenters. The first-order chi connectivity index (χ1) is 13.0. The lowest BCUT2D eigenvalue weighted by Gasteiger charge is -2.10. The zero-order valence-corrected chi connectivity index (χ0v) is 16.0. The van der Waals surface area contributed by atoms with Gasteiger partial charge >= 0.3 is 0 Å². The van der Waals surface area contributed by atoms with Gasteiger partial charge in [-0.25, -0.2) is 0 Å². The molecule has 2 N–H and O–H groups in total. The fourth-order valence-electron chi connectivity index (χ4n) is 2.86. The molecular formula is C21H15BrN2O3. The Hall–Kier alpha value is -3.12. The van der Waals surface area contributed by atoms with Crippen molar-refractivity contribution in [2.75, 3.05) is 10.6 Å². The molecule has 0 saturated carbocycles. The molecule has 27 heavy (non-hydrogen) atoms. The Morgan fingerprint density at radius 1 is 1.04 bits per heavy atom. The van der Waals surface area contributed by atoms with Gasteiger partial charge in [0.15, 0.2) is 5.75 Å². The van der Waals surface area contributed by atoms with Crippen LogP contribution in [0.15, 0.2) is 65.1 Å². The van der Waals surface area contributed by atoms with Crippen molar-refractivity contribution in [2.24, 2.45) is 0 Å². The predicted molar refractivity (Wildman–Crippen MR) is 108 cm³/mol. The second-order valence-electron chi connectivity index (χ2n) is 6.20. The molecule has 0 radical (unpaired) electrons. The molecule has 0 aromatic heterocycles. The molecule has 0 fully saturated rings. The minimum absolute atomic E-state index is 0.267. The van der Waals surface area contributed by atoms with Crippen LogP contribution in [-0.4, -0.2) is 11.8 Å². The minimum Gasteiger partial charge on any atom is -0.454 e. The first-order valence-electron chi connectivity index (χ1n) is 8.31. The van der Waals surface area contributed by atoms with Gasteiger partial charge in [0.05, 0.1) is 16.8 Å². The van der Waals surface area contributed by atoms with Crippen LogP contribution in [0.1, 0.15) is 26.3 Å². The zero-order valence-electron chi connectivity index (χ0n) is 14.4. The average molecular weight is 423 g/mol. The highest BCUT2D eigenvalue weighted by atomic mass is 79.9. The number of fused-ring (bicyclic) bond motifs is 2. The lowest BCUT2D eigenvalue weighted by atomic mass is 10.1. The molecule has 5 nitrogen and oxygen atoms in total. The summed E-state index contributed by atoms with van der Waals surface area (Å²) >= 11 is 3.37. The number of carbonyl (C=O) groups is 2. The number of benzene rings is 3. The number of amides is 2. The standard InChI is InChI=1S/C21H15BrN2O3/c1-12-6-8-19-17(10-12)24-21(26)15-11-13(7-9-18(15)27-19)23-20(25)14-4-2-3-5-16(14)22/h2-11H,1H3,(H,23,25)(H,24,26). The Morgan fingerprint density at radius 2 is 1.81 bits per heavy atom. The number of anilines is 2. The van der Waals surface area contributed by atoms with E-state index in [9.17, 15) is 9.59 Å². The first-order valence-corrected chi connectivity index (χ1v) is 9.10. The molecule has 6 heteroatoms. The van der Waals surface area contributed by atoms with E-state index in [1.165, 1.54) is 0 Å². The Labute approximate surface area is 164 Å². The van der Waals surface area contributed by atoms with Crippen LogP contribution < -0.4 is 15.4 Å². The van der Waals surface area contributed by atoms with Crippen molar-refractivity contribution in [2.45, 2.75) is 6.92 Å². The lowest BCUT2D eigenvalue weighted by Crippen LogP contribution is -2.14. The SMILES string of the molecule is Cc1ccc2c(c1)NC(=O)c1cc(NC(=O)c3ccccc3Br)ccc1O2.